The summed E-state index contributed by atoms with van der Waals surface area (Å²) < 4.78 is 5.44. The first-order valence-corrected chi connectivity index (χ1v) is 9.58. The predicted molar refractivity (Wildman–Crippen MR) is 116 cm³/mol. The van der Waals surface area contributed by atoms with Crippen molar-refractivity contribution in [2.24, 2.45) is 0 Å². The number of hydrogen-bond acceptors (Lipinski definition) is 4. The van der Waals surface area contributed by atoms with E-state index in [4.69, 9.17) is 4.74 Å². The quantitative estimate of drug-likeness (QED) is 0.612. The number of carbonyl (C=O) groups excluding carboxylic acids is 2. The van der Waals surface area contributed by atoms with Gasteiger partial charge < -0.3 is 10.1 Å². The van der Waals surface area contributed by atoms with E-state index in [1.165, 1.54) is 6.92 Å². The summed E-state index contributed by atoms with van der Waals surface area (Å²) in [5, 5.41) is 12.2. The van der Waals surface area contributed by atoms with Gasteiger partial charge in [0.2, 0.25) is 0 Å². The highest BCUT2D eigenvalue weighted by atomic mass is 16.5. The van der Waals surface area contributed by atoms with E-state index < -0.39 is 18.0 Å². The van der Waals surface area contributed by atoms with Gasteiger partial charge in [-0.2, -0.15) is 5.26 Å². The third-order valence-electron chi connectivity index (χ3n) is 4.78. The Morgan fingerprint density at radius 3 is 2.33 bits per heavy atom. The molecule has 0 saturated heterocycles. The Balaban J connectivity index is 1.79. The van der Waals surface area contributed by atoms with Gasteiger partial charge in [-0.15, -0.1) is 0 Å². The standard InChI is InChI=1S/C25H22N2O3/c1-16-12-13-23(17(2)14-16)27-24(28)18(3)30-25(29)22-11-7-6-10-21(22)20-9-5-4-8-19(20)15-26/h4-14,18H,1-3H3,(H,27,28)/t18-/m1/s1. The zero-order valence-electron chi connectivity index (χ0n) is 17.1. The van der Waals surface area contributed by atoms with Crippen molar-refractivity contribution in [3.8, 4) is 17.2 Å². The van der Waals surface area contributed by atoms with Gasteiger partial charge in [-0.3, -0.25) is 4.79 Å². The van der Waals surface area contributed by atoms with Crippen LogP contribution in [0.15, 0.2) is 66.7 Å². The molecule has 1 amide bonds. The fourth-order valence-electron chi connectivity index (χ4n) is 3.18. The smallest absolute Gasteiger partial charge is 0.339 e. The van der Waals surface area contributed by atoms with E-state index in [9.17, 15) is 14.9 Å². The lowest BCUT2D eigenvalue weighted by atomic mass is 9.96. The van der Waals surface area contributed by atoms with E-state index in [0.717, 1.165) is 11.1 Å². The van der Waals surface area contributed by atoms with Gasteiger partial charge in [-0.05, 0) is 50.1 Å². The Morgan fingerprint density at radius 2 is 1.63 bits per heavy atom. The minimum atomic E-state index is -0.988. The van der Waals surface area contributed by atoms with Gasteiger partial charge in [0.15, 0.2) is 6.10 Å². The van der Waals surface area contributed by atoms with Crippen LogP contribution >= 0.6 is 0 Å². The molecule has 0 heterocycles. The summed E-state index contributed by atoms with van der Waals surface area (Å²) in [6, 6.07) is 21.8. The molecule has 0 bridgehead atoms. The van der Waals surface area contributed by atoms with E-state index in [2.05, 4.69) is 11.4 Å². The SMILES string of the molecule is Cc1ccc(NC(=O)[C@@H](C)OC(=O)c2ccccc2-c2ccccc2C#N)c(C)c1. The molecule has 1 N–H and O–H groups in total. The Bertz CT molecular complexity index is 1150. The van der Waals surface area contributed by atoms with Crippen LogP contribution in [0.3, 0.4) is 0 Å². The summed E-state index contributed by atoms with van der Waals surface area (Å²) in [6.07, 6.45) is -0.988. The van der Waals surface area contributed by atoms with Crippen LogP contribution in [0.25, 0.3) is 11.1 Å². The average molecular weight is 398 g/mol. The van der Waals surface area contributed by atoms with Crippen LogP contribution in [0, 0.1) is 25.2 Å². The molecule has 0 radical (unpaired) electrons. The van der Waals surface area contributed by atoms with E-state index in [-0.39, 0.29) is 0 Å². The number of hydrogen-bond donors (Lipinski definition) is 1. The van der Waals surface area contributed by atoms with Crippen molar-refractivity contribution in [2.75, 3.05) is 5.32 Å². The van der Waals surface area contributed by atoms with Gasteiger partial charge in [0.1, 0.15) is 0 Å². The maximum atomic E-state index is 12.8. The number of aryl methyl sites for hydroxylation is 2. The van der Waals surface area contributed by atoms with E-state index >= 15 is 0 Å². The maximum Gasteiger partial charge on any atom is 0.339 e. The number of rotatable bonds is 5. The topological polar surface area (TPSA) is 79.2 Å². The van der Waals surface area contributed by atoms with Crippen LogP contribution in [0.2, 0.25) is 0 Å². The van der Waals surface area contributed by atoms with Crippen molar-refractivity contribution in [2.45, 2.75) is 26.9 Å². The van der Waals surface area contributed by atoms with E-state index in [1.54, 1.807) is 48.5 Å². The van der Waals surface area contributed by atoms with Crippen LogP contribution in [0.5, 0.6) is 0 Å². The summed E-state index contributed by atoms with van der Waals surface area (Å²) in [5.41, 5.74) is 4.68. The number of carbonyl (C=O) groups is 2. The summed E-state index contributed by atoms with van der Waals surface area (Å²) >= 11 is 0. The highest BCUT2D eigenvalue weighted by Gasteiger charge is 2.22. The van der Waals surface area contributed by atoms with Gasteiger partial charge in [-0.25, -0.2) is 4.79 Å². The first-order chi connectivity index (χ1) is 14.4. The summed E-state index contributed by atoms with van der Waals surface area (Å²) in [7, 11) is 0. The van der Waals surface area contributed by atoms with Crippen LogP contribution in [-0.4, -0.2) is 18.0 Å². The second kappa shape index (κ2) is 9.06. The Labute approximate surface area is 175 Å². The molecule has 0 aliphatic heterocycles. The zero-order valence-corrected chi connectivity index (χ0v) is 17.1. The zero-order chi connectivity index (χ0) is 21.7. The maximum absolute atomic E-state index is 12.8. The molecule has 0 spiro atoms. The monoisotopic (exact) mass is 398 g/mol. The fourth-order valence-corrected chi connectivity index (χ4v) is 3.18. The highest BCUT2D eigenvalue weighted by molar-refractivity contribution is 6.01. The molecular formula is C25H22N2O3. The lowest BCUT2D eigenvalue weighted by Gasteiger charge is -2.16. The first kappa shape index (κ1) is 20.8. The summed E-state index contributed by atoms with van der Waals surface area (Å²) in [5.74, 6) is -1.04. The molecular weight excluding hydrogens is 376 g/mol. The van der Waals surface area contributed by atoms with Gasteiger partial charge in [0, 0.05) is 11.3 Å². The molecule has 3 aromatic carbocycles. The number of amides is 1. The Kier molecular flexibility index (Phi) is 6.29. The van der Waals surface area contributed by atoms with Crippen molar-refractivity contribution >= 4 is 17.6 Å². The molecule has 0 aliphatic rings. The van der Waals surface area contributed by atoms with Crippen LogP contribution < -0.4 is 5.32 Å². The number of benzene rings is 3. The molecule has 0 unspecified atom stereocenters. The van der Waals surface area contributed by atoms with Crippen molar-refractivity contribution < 1.29 is 14.3 Å². The van der Waals surface area contributed by atoms with Crippen molar-refractivity contribution in [1.29, 1.82) is 5.26 Å². The molecule has 0 fully saturated rings. The molecule has 5 heteroatoms. The van der Waals surface area contributed by atoms with Crippen molar-refractivity contribution in [1.82, 2.24) is 0 Å². The van der Waals surface area contributed by atoms with Gasteiger partial charge in [0.25, 0.3) is 5.91 Å². The number of nitrogens with one attached hydrogen (secondary N) is 1. The second-order valence-electron chi connectivity index (χ2n) is 7.06. The molecule has 3 aromatic rings. The molecule has 1 atom stereocenters. The molecule has 0 saturated carbocycles. The van der Waals surface area contributed by atoms with Crippen LogP contribution in [0.1, 0.15) is 34.0 Å². The lowest BCUT2D eigenvalue weighted by molar-refractivity contribution is -0.123. The Morgan fingerprint density at radius 1 is 0.967 bits per heavy atom. The van der Waals surface area contributed by atoms with Crippen LogP contribution in [0.4, 0.5) is 5.69 Å². The number of anilines is 1. The molecule has 150 valence electrons. The molecule has 0 aromatic heterocycles. The molecule has 0 aliphatic carbocycles. The lowest BCUT2D eigenvalue weighted by Crippen LogP contribution is -2.30. The van der Waals surface area contributed by atoms with E-state index in [0.29, 0.717) is 27.9 Å². The minimum Gasteiger partial charge on any atom is -0.449 e. The number of esters is 1. The number of nitriles is 1. The molecule has 3 rings (SSSR count). The third kappa shape index (κ3) is 4.56. The van der Waals surface area contributed by atoms with Gasteiger partial charge >= 0.3 is 5.97 Å². The van der Waals surface area contributed by atoms with Crippen molar-refractivity contribution in [3.63, 3.8) is 0 Å². The number of ether oxygens (including phenoxy) is 1. The van der Waals surface area contributed by atoms with Crippen molar-refractivity contribution in [3.05, 3.63) is 89.0 Å². The van der Waals surface area contributed by atoms with E-state index in [1.807, 2.05) is 32.0 Å². The molecule has 30 heavy (non-hydrogen) atoms. The summed E-state index contributed by atoms with van der Waals surface area (Å²) in [6.45, 7) is 5.41. The second-order valence-corrected chi connectivity index (χ2v) is 7.06. The third-order valence-corrected chi connectivity index (χ3v) is 4.78. The molecule has 5 nitrogen and oxygen atoms in total. The highest BCUT2D eigenvalue weighted by Crippen LogP contribution is 2.27. The minimum absolute atomic E-state index is 0.298. The first-order valence-electron chi connectivity index (χ1n) is 9.58. The fraction of sp³-hybridized carbons (Fsp3) is 0.160. The van der Waals surface area contributed by atoms with Gasteiger partial charge in [-0.1, -0.05) is 54.1 Å². The van der Waals surface area contributed by atoms with Crippen LogP contribution in [-0.2, 0) is 9.53 Å². The number of nitrogens with zero attached hydrogens (tertiary/aromatic N) is 1. The van der Waals surface area contributed by atoms with Gasteiger partial charge in [0.05, 0.1) is 17.2 Å². The normalized spacial score (nSPS) is 11.3. The largest absolute Gasteiger partial charge is 0.449 e. The Hall–Kier alpha value is -3.91. The summed E-state index contributed by atoms with van der Waals surface area (Å²) in [4.78, 5) is 25.4. The predicted octanol–water partition coefficient (Wildman–Crippen LogP) is 5.03. The average Bonchev–Trinajstić information content (AvgIpc) is 2.75.